The molecule has 0 atom stereocenters. The van der Waals surface area contributed by atoms with Crippen molar-refractivity contribution in [3.05, 3.63) is 12.2 Å². The summed E-state index contributed by atoms with van der Waals surface area (Å²) in [6.07, 6.45) is 0.629. The highest BCUT2D eigenvalue weighted by atomic mass is 16.7. The maximum absolute atomic E-state index is 11.2. The predicted octanol–water partition coefficient (Wildman–Crippen LogP) is 0.560. The maximum Gasteiger partial charge on any atom is 0.359 e. The molecule has 2 amide bonds. The van der Waals surface area contributed by atoms with Gasteiger partial charge in [0.05, 0.1) is 0 Å². The Morgan fingerprint density at radius 2 is 1.93 bits per heavy atom. The van der Waals surface area contributed by atoms with Crippen LogP contribution < -0.4 is 0 Å². The van der Waals surface area contributed by atoms with Gasteiger partial charge in [-0.1, -0.05) is 13.5 Å². The molecule has 0 spiro atoms. The van der Waals surface area contributed by atoms with E-state index >= 15 is 0 Å². The summed E-state index contributed by atoms with van der Waals surface area (Å²) in [6, 6.07) is 0. The number of imide groups is 1. The molecule has 5 heteroatoms. The third kappa shape index (κ3) is 1.99. The highest BCUT2D eigenvalue weighted by Crippen LogP contribution is 2.13. The van der Waals surface area contributed by atoms with Crippen molar-refractivity contribution in [1.29, 1.82) is 0 Å². The summed E-state index contributed by atoms with van der Waals surface area (Å²) < 4.78 is 0. The van der Waals surface area contributed by atoms with Gasteiger partial charge in [-0.05, 0) is 6.42 Å². The average molecular weight is 197 g/mol. The van der Waals surface area contributed by atoms with Crippen molar-refractivity contribution in [2.45, 2.75) is 26.2 Å². The fraction of sp³-hybridized carbons (Fsp3) is 0.444. The minimum atomic E-state index is -0.726. The number of rotatable bonds is 3. The van der Waals surface area contributed by atoms with Crippen LogP contribution in [0.25, 0.3) is 0 Å². The van der Waals surface area contributed by atoms with Crippen LogP contribution in [-0.4, -0.2) is 22.8 Å². The fourth-order valence-electron chi connectivity index (χ4n) is 0.950. The first kappa shape index (κ1) is 10.4. The van der Waals surface area contributed by atoms with E-state index < -0.39 is 17.8 Å². The van der Waals surface area contributed by atoms with E-state index in [1.54, 1.807) is 6.92 Å². The summed E-state index contributed by atoms with van der Waals surface area (Å²) in [7, 11) is 0. The molecule has 0 radical (unpaired) electrons. The summed E-state index contributed by atoms with van der Waals surface area (Å²) >= 11 is 0. The molecule has 14 heavy (non-hydrogen) atoms. The van der Waals surface area contributed by atoms with Crippen LogP contribution in [0.5, 0.6) is 0 Å². The van der Waals surface area contributed by atoms with Gasteiger partial charge in [-0.3, -0.25) is 9.59 Å². The number of hydrogen-bond acceptors (Lipinski definition) is 4. The molecule has 1 fully saturated rings. The van der Waals surface area contributed by atoms with Gasteiger partial charge in [0.1, 0.15) is 0 Å². The van der Waals surface area contributed by atoms with E-state index in [2.05, 4.69) is 11.4 Å². The number of hydrogen-bond donors (Lipinski definition) is 0. The molecule has 0 bridgehead atoms. The Morgan fingerprint density at radius 1 is 1.43 bits per heavy atom. The third-order valence-electron chi connectivity index (χ3n) is 1.90. The second-order valence-electron chi connectivity index (χ2n) is 2.92. The molecule has 0 unspecified atom stereocenters. The molecule has 0 aromatic heterocycles. The van der Waals surface area contributed by atoms with E-state index in [4.69, 9.17) is 0 Å². The molecule has 0 aliphatic carbocycles. The number of amides is 2. The molecule has 1 aliphatic rings. The van der Waals surface area contributed by atoms with E-state index in [1.807, 2.05) is 0 Å². The van der Waals surface area contributed by atoms with Crippen molar-refractivity contribution in [2.24, 2.45) is 0 Å². The number of nitrogens with zero attached hydrogens (tertiary/aromatic N) is 1. The Kier molecular flexibility index (Phi) is 3.01. The number of carbonyl (C=O) groups excluding carboxylic acids is 3. The van der Waals surface area contributed by atoms with Gasteiger partial charge in [0, 0.05) is 18.4 Å². The first-order valence-electron chi connectivity index (χ1n) is 4.32. The average Bonchev–Trinajstić information content (AvgIpc) is 2.48. The first-order valence-corrected chi connectivity index (χ1v) is 4.32. The van der Waals surface area contributed by atoms with Crippen LogP contribution in [0.1, 0.15) is 26.2 Å². The first-order chi connectivity index (χ1) is 6.56. The zero-order valence-corrected chi connectivity index (χ0v) is 7.91. The standard InChI is InChI=1S/C9H11NO4/c1-3-6(2)9(13)14-10-7(11)4-5-8(10)12/h2-5H2,1H3. The van der Waals surface area contributed by atoms with Gasteiger partial charge < -0.3 is 4.84 Å². The van der Waals surface area contributed by atoms with Crippen LogP contribution in [0, 0.1) is 0 Å². The van der Waals surface area contributed by atoms with Gasteiger partial charge >= 0.3 is 5.97 Å². The molecule has 5 nitrogen and oxygen atoms in total. The topological polar surface area (TPSA) is 63.7 Å². The van der Waals surface area contributed by atoms with Crippen molar-refractivity contribution in [3.63, 3.8) is 0 Å². The van der Waals surface area contributed by atoms with Crippen LogP contribution in [0.3, 0.4) is 0 Å². The van der Waals surface area contributed by atoms with Crippen molar-refractivity contribution >= 4 is 17.8 Å². The van der Waals surface area contributed by atoms with Crippen molar-refractivity contribution in [1.82, 2.24) is 5.06 Å². The highest BCUT2D eigenvalue weighted by molar-refractivity contribution is 6.02. The van der Waals surface area contributed by atoms with Crippen LogP contribution in [0.2, 0.25) is 0 Å². The van der Waals surface area contributed by atoms with Gasteiger partial charge in [0.25, 0.3) is 11.8 Å². The van der Waals surface area contributed by atoms with Crippen LogP contribution in [-0.2, 0) is 19.2 Å². The Bertz CT molecular complexity index is 292. The Labute approximate surface area is 81.3 Å². The lowest BCUT2D eigenvalue weighted by molar-refractivity contribution is -0.194. The fourth-order valence-corrected chi connectivity index (χ4v) is 0.950. The Hall–Kier alpha value is -1.65. The molecular formula is C9H11NO4. The second kappa shape index (κ2) is 4.04. The highest BCUT2D eigenvalue weighted by Gasteiger charge is 2.33. The van der Waals surface area contributed by atoms with Crippen molar-refractivity contribution in [2.75, 3.05) is 0 Å². The SMILES string of the molecule is C=C(CC)C(=O)ON1C(=O)CCC1=O. The van der Waals surface area contributed by atoms with E-state index in [0.29, 0.717) is 11.5 Å². The number of carbonyl (C=O) groups is 3. The molecule has 1 saturated heterocycles. The van der Waals surface area contributed by atoms with Crippen LogP contribution in [0.15, 0.2) is 12.2 Å². The molecule has 0 aromatic carbocycles. The maximum atomic E-state index is 11.2. The van der Waals surface area contributed by atoms with Crippen LogP contribution >= 0.6 is 0 Å². The molecule has 1 aliphatic heterocycles. The van der Waals surface area contributed by atoms with E-state index in [9.17, 15) is 14.4 Å². The Morgan fingerprint density at radius 3 is 2.36 bits per heavy atom. The van der Waals surface area contributed by atoms with Gasteiger partial charge in [-0.15, -0.1) is 5.06 Å². The van der Waals surface area contributed by atoms with Gasteiger partial charge in [-0.25, -0.2) is 4.79 Å². The predicted molar refractivity (Wildman–Crippen MR) is 46.6 cm³/mol. The lowest BCUT2D eigenvalue weighted by Gasteiger charge is -2.12. The molecule has 76 valence electrons. The van der Waals surface area contributed by atoms with Gasteiger partial charge in [-0.2, -0.15) is 0 Å². The van der Waals surface area contributed by atoms with E-state index in [-0.39, 0.29) is 18.4 Å². The largest absolute Gasteiger partial charge is 0.359 e. The zero-order chi connectivity index (χ0) is 10.7. The summed E-state index contributed by atoms with van der Waals surface area (Å²) in [6.45, 7) is 5.17. The number of hydroxylamine groups is 2. The van der Waals surface area contributed by atoms with E-state index in [1.165, 1.54) is 0 Å². The third-order valence-corrected chi connectivity index (χ3v) is 1.90. The smallest absolute Gasteiger partial charge is 0.325 e. The normalized spacial score (nSPS) is 15.9. The minimum Gasteiger partial charge on any atom is -0.325 e. The second-order valence-corrected chi connectivity index (χ2v) is 2.92. The zero-order valence-electron chi connectivity index (χ0n) is 7.91. The summed E-state index contributed by atoms with van der Waals surface area (Å²) in [5.41, 5.74) is 0.234. The quantitative estimate of drug-likeness (QED) is 0.490. The molecule has 0 saturated carbocycles. The molecule has 1 heterocycles. The Balaban J connectivity index is 2.60. The summed E-state index contributed by atoms with van der Waals surface area (Å²) in [4.78, 5) is 37.8. The summed E-state index contributed by atoms with van der Waals surface area (Å²) in [5, 5.41) is 0.517. The lowest BCUT2D eigenvalue weighted by Crippen LogP contribution is -2.32. The van der Waals surface area contributed by atoms with Crippen molar-refractivity contribution in [3.8, 4) is 0 Å². The molecule has 0 aromatic rings. The van der Waals surface area contributed by atoms with Gasteiger partial charge in [0.15, 0.2) is 0 Å². The van der Waals surface area contributed by atoms with E-state index in [0.717, 1.165) is 0 Å². The van der Waals surface area contributed by atoms with Gasteiger partial charge in [0.2, 0.25) is 0 Å². The molecule has 0 N–H and O–H groups in total. The molecule has 1 rings (SSSR count). The minimum absolute atomic E-state index is 0.102. The molecular weight excluding hydrogens is 186 g/mol. The summed E-state index contributed by atoms with van der Waals surface area (Å²) in [5.74, 6) is -1.68. The monoisotopic (exact) mass is 197 g/mol. The lowest BCUT2D eigenvalue weighted by atomic mass is 10.2. The van der Waals surface area contributed by atoms with Crippen LogP contribution in [0.4, 0.5) is 0 Å². The van der Waals surface area contributed by atoms with Crippen molar-refractivity contribution < 1.29 is 19.2 Å².